The normalized spacial score (nSPS) is 10.6. The number of nitrogens with zero attached hydrogens (tertiary/aromatic N) is 2. The van der Waals surface area contributed by atoms with Gasteiger partial charge in [-0.1, -0.05) is 12.1 Å². The third-order valence-electron chi connectivity index (χ3n) is 4.06. The molecule has 0 fully saturated rings. The second-order valence-corrected chi connectivity index (χ2v) is 7.07. The number of ether oxygens (including phenoxy) is 1. The molecule has 0 aliphatic heterocycles. The van der Waals surface area contributed by atoms with Crippen LogP contribution in [0, 0.1) is 20.8 Å². The fraction of sp³-hybridized carbons (Fsp3) is 0.250. The van der Waals surface area contributed by atoms with E-state index in [4.69, 9.17) is 4.74 Å². The van der Waals surface area contributed by atoms with Crippen LogP contribution in [0.3, 0.4) is 0 Å². The average molecular weight is 367 g/mol. The van der Waals surface area contributed by atoms with Crippen molar-refractivity contribution in [2.24, 2.45) is 0 Å². The zero-order valence-electron chi connectivity index (χ0n) is 15.1. The summed E-state index contributed by atoms with van der Waals surface area (Å²) in [6.45, 7) is 6.89. The highest BCUT2D eigenvalue weighted by atomic mass is 32.1. The summed E-state index contributed by atoms with van der Waals surface area (Å²) in [7, 11) is 0. The van der Waals surface area contributed by atoms with E-state index < -0.39 is 0 Å². The van der Waals surface area contributed by atoms with Crippen LogP contribution < -0.4 is 10.1 Å². The molecule has 3 rings (SSSR count). The SMILES string of the molecule is Cc1cc(C)c(C)c(OCc2nc(C(=O)NCc3ccccn3)cs2)c1. The van der Waals surface area contributed by atoms with Crippen LogP contribution in [0.5, 0.6) is 5.75 Å². The standard InChI is InChI=1S/C20H21N3O2S/c1-13-8-14(2)15(3)18(9-13)25-11-19-23-17(12-26-19)20(24)22-10-16-6-4-5-7-21-16/h4-9,12H,10-11H2,1-3H3,(H,22,24). The molecular weight excluding hydrogens is 346 g/mol. The molecule has 0 saturated carbocycles. The van der Waals surface area contributed by atoms with Crippen molar-refractivity contribution < 1.29 is 9.53 Å². The predicted molar refractivity (Wildman–Crippen MR) is 103 cm³/mol. The number of carbonyl (C=O) groups is 1. The number of nitrogens with one attached hydrogen (secondary N) is 1. The summed E-state index contributed by atoms with van der Waals surface area (Å²) in [5.41, 5.74) is 4.71. The summed E-state index contributed by atoms with van der Waals surface area (Å²) in [4.78, 5) is 20.8. The Kier molecular flexibility index (Phi) is 5.63. The number of hydrogen-bond donors (Lipinski definition) is 1. The molecule has 0 aliphatic carbocycles. The van der Waals surface area contributed by atoms with Crippen molar-refractivity contribution in [3.63, 3.8) is 0 Å². The summed E-state index contributed by atoms with van der Waals surface area (Å²) >= 11 is 1.42. The number of aromatic nitrogens is 2. The van der Waals surface area contributed by atoms with Gasteiger partial charge in [-0.15, -0.1) is 11.3 Å². The van der Waals surface area contributed by atoms with E-state index in [1.165, 1.54) is 16.9 Å². The predicted octanol–water partition coefficient (Wildman–Crippen LogP) is 3.97. The Labute approximate surface area is 157 Å². The summed E-state index contributed by atoms with van der Waals surface area (Å²) in [6, 6.07) is 9.76. The van der Waals surface area contributed by atoms with Crippen molar-refractivity contribution in [1.29, 1.82) is 0 Å². The van der Waals surface area contributed by atoms with E-state index in [-0.39, 0.29) is 5.91 Å². The quantitative estimate of drug-likeness (QED) is 0.716. The highest BCUT2D eigenvalue weighted by molar-refractivity contribution is 7.09. The maximum absolute atomic E-state index is 12.2. The summed E-state index contributed by atoms with van der Waals surface area (Å²) in [5, 5.41) is 5.35. The Morgan fingerprint density at radius 3 is 2.85 bits per heavy atom. The zero-order chi connectivity index (χ0) is 18.5. The molecule has 0 unspecified atom stereocenters. The molecule has 1 amide bonds. The van der Waals surface area contributed by atoms with E-state index in [1.807, 2.05) is 38.1 Å². The second kappa shape index (κ2) is 8.10. The molecule has 0 spiro atoms. The van der Waals surface area contributed by atoms with Crippen molar-refractivity contribution in [1.82, 2.24) is 15.3 Å². The lowest BCUT2D eigenvalue weighted by Crippen LogP contribution is -2.23. The van der Waals surface area contributed by atoms with Gasteiger partial charge in [-0.2, -0.15) is 0 Å². The van der Waals surface area contributed by atoms with Crippen molar-refractivity contribution in [2.75, 3.05) is 0 Å². The Bertz CT molecular complexity index is 907. The van der Waals surface area contributed by atoms with Crippen LogP contribution in [0.25, 0.3) is 0 Å². The van der Waals surface area contributed by atoms with Gasteiger partial charge in [0, 0.05) is 11.6 Å². The van der Waals surface area contributed by atoms with Crippen molar-refractivity contribution >= 4 is 17.2 Å². The first-order chi connectivity index (χ1) is 12.5. The number of benzene rings is 1. The van der Waals surface area contributed by atoms with E-state index in [1.54, 1.807) is 11.6 Å². The van der Waals surface area contributed by atoms with Gasteiger partial charge in [0.1, 0.15) is 23.1 Å². The highest BCUT2D eigenvalue weighted by Gasteiger charge is 2.12. The largest absolute Gasteiger partial charge is 0.486 e. The molecule has 0 atom stereocenters. The molecule has 0 radical (unpaired) electrons. The molecular formula is C20H21N3O2S. The van der Waals surface area contributed by atoms with Crippen LogP contribution in [0.2, 0.25) is 0 Å². The summed E-state index contributed by atoms with van der Waals surface area (Å²) < 4.78 is 5.91. The number of thiazole rings is 1. The molecule has 3 aromatic rings. The van der Waals surface area contributed by atoms with Gasteiger partial charge in [-0.3, -0.25) is 9.78 Å². The van der Waals surface area contributed by atoms with Gasteiger partial charge in [0.2, 0.25) is 0 Å². The van der Waals surface area contributed by atoms with E-state index in [2.05, 4.69) is 28.3 Å². The maximum atomic E-state index is 12.2. The van der Waals surface area contributed by atoms with Crippen LogP contribution in [-0.4, -0.2) is 15.9 Å². The first-order valence-electron chi connectivity index (χ1n) is 8.36. The maximum Gasteiger partial charge on any atom is 0.271 e. The lowest BCUT2D eigenvalue weighted by molar-refractivity contribution is 0.0946. The van der Waals surface area contributed by atoms with Gasteiger partial charge in [0.05, 0.1) is 12.2 Å². The Balaban J connectivity index is 1.58. The molecule has 0 aliphatic rings. The number of pyridine rings is 1. The molecule has 134 valence electrons. The number of carbonyl (C=O) groups excluding carboxylic acids is 1. The van der Waals surface area contributed by atoms with Crippen molar-refractivity contribution in [3.05, 3.63) is 75.0 Å². The Hall–Kier alpha value is -2.73. The first-order valence-corrected chi connectivity index (χ1v) is 9.24. The van der Waals surface area contributed by atoms with Crippen molar-refractivity contribution in [3.8, 4) is 5.75 Å². The van der Waals surface area contributed by atoms with Crippen LogP contribution in [0.1, 0.15) is 37.9 Å². The lowest BCUT2D eigenvalue weighted by atomic mass is 10.1. The first kappa shape index (κ1) is 18.1. The van der Waals surface area contributed by atoms with Gasteiger partial charge >= 0.3 is 0 Å². The summed E-state index contributed by atoms with van der Waals surface area (Å²) in [6.07, 6.45) is 1.70. The van der Waals surface area contributed by atoms with E-state index >= 15 is 0 Å². The molecule has 5 nitrogen and oxygen atoms in total. The molecule has 2 heterocycles. The number of amides is 1. The number of rotatable bonds is 6. The molecule has 26 heavy (non-hydrogen) atoms. The van der Waals surface area contributed by atoms with E-state index in [0.717, 1.165) is 27.6 Å². The topological polar surface area (TPSA) is 64.1 Å². The molecule has 6 heteroatoms. The zero-order valence-corrected chi connectivity index (χ0v) is 15.9. The third kappa shape index (κ3) is 4.46. The second-order valence-electron chi connectivity index (χ2n) is 6.12. The molecule has 1 aromatic carbocycles. The average Bonchev–Trinajstić information content (AvgIpc) is 3.11. The van der Waals surface area contributed by atoms with Crippen molar-refractivity contribution in [2.45, 2.75) is 33.9 Å². The van der Waals surface area contributed by atoms with Gasteiger partial charge in [-0.25, -0.2) is 4.98 Å². The fourth-order valence-electron chi connectivity index (χ4n) is 2.54. The number of hydrogen-bond acceptors (Lipinski definition) is 5. The van der Waals surface area contributed by atoms with Crippen LogP contribution >= 0.6 is 11.3 Å². The van der Waals surface area contributed by atoms with Crippen LogP contribution in [-0.2, 0) is 13.2 Å². The van der Waals surface area contributed by atoms with Gasteiger partial charge in [0.25, 0.3) is 5.91 Å². The van der Waals surface area contributed by atoms with Crippen LogP contribution in [0.4, 0.5) is 0 Å². The van der Waals surface area contributed by atoms with E-state index in [0.29, 0.717) is 18.8 Å². The molecule has 0 bridgehead atoms. The summed E-state index contributed by atoms with van der Waals surface area (Å²) in [5.74, 6) is 0.652. The highest BCUT2D eigenvalue weighted by Crippen LogP contribution is 2.24. The Morgan fingerprint density at radius 2 is 2.08 bits per heavy atom. The fourth-order valence-corrected chi connectivity index (χ4v) is 3.22. The molecule has 0 saturated heterocycles. The van der Waals surface area contributed by atoms with E-state index in [9.17, 15) is 4.79 Å². The minimum absolute atomic E-state index is 0.208. The van der Waals surface area contributed by atoms with Gasteiger partial charge in [0.15, 0.2) is 0 Å². The van der Waals surface area contributed by atoms with Gasteiger partial charge < -0.3 is 10.1 Å². The smallest absolute Gasteiger partial charge is 0.271 e. The molecule has 1 N–H and O–H groups in total. The Morgan fingerprint density at radius 1 is 1.23 bits per heavy atom. The third-order valence-corrected chi connectivity index (χ3v) is 4.88. The minimum atomic E-state index is -0.208. The lowest BCUT2D eigenvalue weighted by Gasteiger charge is -2.11. The monoisotopic (exact) mass is 367 g/mol. The molecule has 2 aromatic heterocycles. The van der Waals surface area contributed by atoms with Gasteiger partial charge in [-0.05, 0) is 55.7 Å². The van der Waals surface area contributed by atoms with Crippen LogP contribution in [0.15, 0.2) is 41.9 Å². The number of aryl methyl sites for hydroxylation is 2. The minimum Gasteiger partial charge on any atom is -0.486 e.